The molecule has 0 aliphatic carbocycles. The number of esters is 1. The summed E-state index contributed by atoms with van der Waals surface area (Å²) in [5, 5.41) is 1.34. The lowest BCUT2D eigenvalue weighted by Gasteiger charge is -2.06. The first-order chi connectivity index (χ1) is 8.60. The minimum atomic E-state index is -0.285. The number of halogens is 1. The number of aromatic nitrogens is 1. The second-order valence-corrected chi connectivity index (χ2v) is 4.47. The molecule has 3 nitrogen and oxygen atoms in total. The van der Waals surface area contributed by atoms with Gasteiger partial charge in [-0.25, -0.2) is 4.98 Å². The van der Waals surface area contributed by atoms with Crippen LogP contribution >= 0.6 is 11.6 Å². The fraction of sp³-hybridized carbons (Fsp3) is 0.286. The highest BCUT2D eigenvalue weighted by molar-refractivity contribution is 6.30. The van der Waals surface area contributed by atoms with Crippen LogP contribution in [0.4, 0.5) is 0 Å². The van der Waals surface area contributed by atoms with Crippen molar-refractivity contribution in [1.29, 1.82) is 0 Å². The van der Waals surface area contributed by atoms with Crippen molar-refractivity contribution in [2.75, 3.05) is 6.61 Å². The van der Waals surface area contributed by atoms with Crippen LogP contribution in [0.3, 0.4) is 0 Å². The van der Waals surface area contributed by atoms with Gasteiger partial charge in [-0.15, -0.1) is 0 Å². The summed E-state index contributed by atoms with van der Waals surface area (Å²) in [5.74, 6) is -0.285. The van der Waals surface area contributed by atoms with Gasteiger partial charge in [-0.3, -0.25) is 4.79 Å². The Balaban J connectivity index is 2.37. The van der Waals surface area contributed by atoms with Gasteiger partial charge in [0.1, 0.15) is 5.15 Å². The molecule has 0 saturated heterocycles. The average molecular weight is 264 g/mol. The largest absolute Gasteiger partial charge is 0.466 e. The van der Waals surface area contributed by atoms with E-state index in [2.05, 4.69) is 4.98 Å². The Kier molecular flexibility index (Phi) is 3.82. The van der Waals surface area contributed by atoms with E-state index in [1.165, 1.54) is 0 Å². The number of rotatable bonds is 3. The zero-order valence-electron chi connectivity index (χ0n) is 10.4. The Hall–Kier alpha value is -1.61. The van der Waals surface area contributed by atoms with Gasteiger partial charge in [0.05, 0.1) is 18.5 Å². The predicted octanol–water partition coefficient (Wildman–Crippen LogP) is 3.30. The lowest BCUT2D eigenvalue weighted by atomic mass is 10.1. The Morgan fingerprint density at radius 2 is 2.17 bits per heavy atom. The third kappa shape index (κ3) is 2.79. The van der Waals surface area contributed by atoms with Crippen molar-refractivity contribution in [2.45, 2.75) is 20.3 Å². The van der Waals surface area contributed by atoms with Crippen LogP contribution in [0, 0.1) is 6.92 Å². The van der Waals surface area contributed by atoms with Gasteiger partial charge in [-0.05, 0) is 31.5 Å². The SMILES string of the molecule is CCOC(=O)Cc1cc2ccc(C)cc2nc1Cl. The monoisotopic (exact) mass is 263 g/mol. The number of hydrogen-bond acceptors (Lipinski definition) is 3. The van der Waals surface area contributed by atoms with Crippen LogP contribution in [0.15, 0.2) is 24.3 Å². The summed E-state index contributed by atoms with van der Waals surface area (Å²) in [5.41, 5.74) is 2.67. The third-order valence-electron chi connectivity index (χ3n) is 2.64. The molecule has 1 aromatic heterocycles. The summed E-state index contributed by atoms with van der Waals surface area (Å²) >= 11 is 6.08. The summed E-state index contributed by atoms with van der Waals surface area (Å²) in [6.07, 6.45) is 0.156. The molecule has 0 unspecified atom stereocenters. The molecule has 0 atom stereocenters. The summed E-state index contributed by atoms with van der Waals surface area (Å²) in [7, 11) is 0. The molecule has 0 aliphatic rings. The molecule has 1 aromatic carbocycles. The third-order valence-corrected chi connectivity index (χ3v) is 2.97. The first kappa shape index (κ1) is 12.8. The molecule has 1 heterocycles. The van der Waals surface area contributed by atoms with Gasteiger partial charge in [0.15, 0.2) is 0 Å². The van der Waals surface area contributed by atoms with E-state index in [4.69, 9.17) is 16.3 Å². The number of nitrogens with zero attached hydrogens (tertiary/aromatic N) is 1. The topological polar surface area (TPSA) is 39.2 Å². The molecule has 0 fully saturated rings. The first-order valence-corrected chi connectivity index (χ1v) is 6.19. The lowest BCUT2D eigenvalue weighted by Crippen LogP contribution is -2.08. The Labute approximate surface area is 111 Å². The molecular formula is C14H14ClNO2. The second kappa shape index (κ2) is 5.36. The normalized spacial score (nSPS) is 10.6. The van der Waals surface area contributed by atoms with Gasteiger partial charge in [0, 0.05) is 10.9 Å². The van der Waals surface area contributed by atoms with Gasteiger partial charge < -0.3 is 4.74 Å². The Morgan fingerprint density at radius 3 is 2.89 bits per heavy atom. The molecule has 2 aromatic rings. The zero-order chi connectivity index (χ0) is 13.1. The minimum Gasteiger partial charge on any atom is -0.466 e. The average Bonchev–Trinajstić information content (AvgIpc) is 2.31. The van der Waals surface area contributed by atoms with Crippen molar-refractivity contribution in [1.82, 2.24) is 4.98 Å². The molecule has 0 saturated carbocycles. The molecule has 0 N–H and O–H groups in total. The molecule has 0 spiro atoms. The zero-order valence-corrected chi connectivity index (χ0v) is 11.1. The molecule has 0 aliphatic heterocycles. The lowest BCUT2D eigenvalue weighted by molar-refractivity contribution is -0.142. The van der Waals surface area contributed by atoms with Crippen LogP contribution in [0.25, 0.3) is 10.9 Å². The molecular weight excluding hydrogens is 250 g/mol. The molecule has 2 rings (SSSR count). The van der Waals surface area contributed by atoms with Crippen LogP contribution in [0.2, 0.25) is 5.15 Å². The van der Waals surface area contributed by atoms with Gasteiger partial charge in [0.25, 0.3) is 0 Å². The van der Waals surface area contributed by atoms with Crippen LogP contribution in [-0.4, -0.2) is 17.6 Å². The molecule has 94 valence electrons. The van der Waals surface area contributed by atoms with Crippen LogP contribution < -0.4 is 0 Å². The summed E-state index contributed by atoms with van der Waals surface area (Å²) in [6.45, 7) is 4.15. The van der Waals surface area contributed by atoms with Crippen LogP contribution in [0.5, 0.6) is 0 Å². The van der Waals surface area contributed by atoms with Crippen molar-refractivity contribution < 1.29 is 9.53 Å². The summed E-state index contributed by atoms with van der Waals surface area (Å²) in [4.78, 5) is 15.8. The smallest absolute Gasteiger partial charge is 0.310 e. The van der Waals surface area contributed by atoms with Crippen molar-refractivity contribution in [2.24, 2.45) is 0 Å². The Morgan fingerprint density at radius 1 is 1.39 bits per heavy atom. The first-order valence-electron chi connectivity index (χ1n) is 5.81. The predicted molar refractivity (Wildman–Crippen MR) is 71.8 cm³/mol. The van der Waals surface area contributed by atoms with E-state index in [1.54, 1.807) is 6.92 Å². The fourth-order valence-electron chi connectivity index (χ4n) is 1.79. The quantitative estimate of drug-likeness (QED) is 0.630. The Bertz CT molecular complexity index is 596. The van der Waals surface area contributed by atoms with Crippen molar-refractivity contribution in [3.63, 3.8) is 0 Å². The number of carbonyl (C=O) groups is 1. The van der Waals surface area contributed by atoms with Crippen LogP contribution in [0.1, 0.15) is 18.1 Å². The molecule has 4 heteroatoms. The highest BCUT2D eigenvalue weighted by atomic mass is 35.5. The second-order valence-electron chi connectivity index (χ2n) is 4.12. The van der Waals surface area contributed by atoms with Crippen molar-refractivity contribution in [3.05, 3.63) is 40.5 Å². The van der Waals surface area contributed by atoms with E-state index in [-0.39, 0.29) is 12.4 Å². The van der Waals surface area contributed by atoms with E-state index in [9.17, 15) is 4.79 Å². The number of carbonyl (C=O) groups excluding carboxylic acids is 1. The van der Waals surface area contributed by atoms with Crippen molar-refractivity contribution >= 4 is 28.5 Å². The molecule has 0 radical (unpaired) electrons. The van der Waals surface area contributed by atoms with Gasteiger partial charge in [0.2, 0.25) is 0 Å². The van der Waals surface area contributed by atoms with E-state index in [0.29, 0.717) is 17.3 Å². The number of fused-ring (bicyclic) bond motifs is 1. The highest BCUT2D eigenvalue weighted by Gasteiger charge is 2.10. The van der Waals surface area contributed by atoms with Gasteiger partial charge in [-0.1, -0.05) is 23.7 Å². The van der Waals surface area contributed by atoms with Crippen molar-refractivity contribution in [3.8, 4) is 0 Å². The van der Waals surface area contributed by atoms with E-state index in [1.807, 2.05) is 31.2 Å². The number of pyridine rings is 1. The van der Waals surface area contributed by atoms with E-state index >= 15 is 0 Å². The number of benzene rings is 1. The minimum absolute atomic E-state index is 0.156. The number of aryl methyl sites for hydroxylation is 1. The van der Waals surface area contributed by atoms with Crippen LogP contribution in [-0.2, 0) is 16.0 Å². The maximum absolute atomic E-state index is 11.4. The number of ether oxygens (including phenoxy) is 1. The standard InChI is InChI=1S/C14H14ClNO2/c1-3-18-13(17)8-11-7-10-5-4-9(2)6-12(10)16-14(11)15/h4-7H,3,8H2,1-2H3. The van der Waals surface area contributed by atoms with E-state index < -0.39 is 0 Å². The summed E-state index contributed by atoms with van der Waals surface area (Å²) < 4.78 is 4.91. The number of hydrogen-bond donors (Lipinski definition) is 0. The summed E-state index contributed by atoms with van der Waals surface area (Å²) in [6, 6.07) is 7.84. The molecule has 0 amide bonds. The maximum Gasteiger partial charge on any atom is 0.310 e. The maximum atomic E-state index is 11.4. The van der Waals surface area contributed by atoms with Gasteiger partial charge >= 0.3 is 5.97 Å². The molecule has 18 heavy (non-hydrogen) atoms. The van der Waals surface area contributed by atoms with Gasteiger partial charge in [-0.2, -0.15) is 0 Å². The molecule has 0 bridgehead atoms. The fourth-order valence-corrected chi connectivity index (χ4v) is 2.00. The highest BCUT2D eigenvalue weighted by Crippen LogP contribution is 2.22. The van der Waals surface area contributed by atoms with E-state index in [0.717, 1.165) is 16.5 Å².